The van der Waals surface area contributed by atoms with E-state index in [9.17, 15) is 56.2 Å². The largest absolute Gasteiger partial charge is 0.394 e. The number of allylic oxidation sites excluding steroid dienone is 5. The van der Waals surface area contributed by atoms with Gasteiger partial charge < -0.3 is 65.6 Å². The van der Waals surface area contributed by atoms with Crippen LogP contribution in [0.4, 0.5) is 0 Å². The summed E-state index contributed by atoms with van der Waals surface area (Å²) < 4.78 is 10.9. The molecule has 0 aromatic heterocycles. The van der Waals surface area contributed by atoms with E-state index in [1.807, 2.05) is 40.7 Å². The van der Waals surface area contributed by atoms with E-state index in [4.69, 9.17) is 9.47 Å². The maximum Gasteiger partial charge on any atom is 0.187 e. The van der Waals surface area contributed by atoms with Crippen LogP contribution in [0.3, 0.4) is 0 Å². The SMILES string of the molecule is CC(C)=CCC[C@@](C)(O)CCC[C@](C)(O)CCC[C@](C)(O)CCC[C@](C)(O)CCC[C@@](C)(O)CCC[C@](C)(O)[C@H](O)CC/C(C)=C/CC/C(C)=C/CO[C@@H]1O[C@H](CO)[C@@H](O)[C@H](O)[C@@H]1O. The first-order valence-electron chi connectivity index (χ1n) is 24.3. The Bertz CT molecular complexity index is 1380. The van der Waals surface area contributed by atoms with E-state index in [2.05, 4.69) is 26.0 Å². The van der Waals surface area contributed by atoms with Crippen molar-refractivity contribution >= 4 is 0 Å². The average Bonchev–Trinajstić information content (AvgIpc) is 3.15. The van der Waals surface area contributed by atoms with Crippen molar-refractivity contribution in [3.05, 3.63) is 34.9 Å². The first-order valence-corrected chi connectivity index (χ1v) is 24.3. The second-order valence-electron chi connectivity index (χ2n) is 21.7. The summed E-state index contributed by atoms with van der Waals surface area (Å²) in [6, 6.07) is 0. The van der Waals surface area contributed by atoms with Crippen LogP contribution in [0.5, 0.6) is 0 Å². The number of rotatable bonds is 34. The molecule has 0 bridgehead atoms. The van der Waals surface area contributed by atoms with E-state index >= 15 is 0 Å². The van der Waals surface area contributed by atoms with E-state index in [0.29, 0.717) is 109 Å². The summed E-state index contributed by atoms with van der Waals surface area (Å²) in [7, 11) is 0. The molecular formula is C51H96O13. The van der Waals surface area contributed by atoms with Crippen molar-refractivity contribution in [2.24, 2.45) is 0 Å². The Morgan fingerprint density at radius 1 is 0.531 bits per heavy atom. The normalized spacial score (nSPS) is 26.2. The summed E-state index contributed by atoms with van der Waals surface area (Å²) in [5.74, 6) is 0. The smallest absolute Gasteiger partial charge is 0.187 e. The van der Waals surface area contributed by atoms with Crippen LogP contribution in [0, 0.1) is 0 Å². The lowest BCUT2D eigenvalue weighted by Crippen LogP contribution is -2.59. The topological polar surface area (TPSA) is 241 Å². The Kier molecular flexibility index (Phi) is 26.8. The Balaban J connectivity index is 2.34. The Hall–Kier alpha value is -1.30. The zero-order valence-electron chi connectivity index (χ0n) is 41.7. The third-order valence-corrected chi connectivity index (χ3v) is 13.5. The minimum Gasteiger partial charge on any atom is -0.394 e. The molecule has 1 heterocycles. The molecule has 0 aromatic carbocycles. The van der Waals surface area contributed by atoms with Gasteiger partial charge in [-0.05, 0) is 204 Å². The highest BCUT2D eigenvalue weighted by atomic mass is 16.7. The lowest BCUT2D eigenvalue weighted by Gasteiger charge is -2.39. The molecule has 0 aromatic rings. The molecule has 1 fully saturated rings. The van der Waals surface area contributed by atoms with Gasteiger partial charge in [-0.3, -0.25) is 0 Å². The lowest BCUT2D eigenvalue weighted by atomic mass is 9.83. The first kappa shape index (κ1) is 60.7. The van der Waals surface area contributed by atoms with E-state index in [1.165, 1.54) is 5.57 Å². The minimum absolute atomic E-state index is 0.115. The maximum absolute atomic E-state index is 11.1. The molecule has 12 atom stereocenters. The first-order chi connectivity index (χ1) is 29.4. The van der Waals surface area contributed by atoms with Crippen LogP contribution >= 0.6 is 0 Å². The summed E-state index contributed by atoms with van der Waals surface area (Å²) in [4.78, 5) is 0. The maximum atomic E-state index is 11.1. The average molecular weight is 917 g/mol. The monoisotopic (exact) mass is 917 g/mol. The summed E-state index contributed by atoms with van der Waals surface area (Å²) in [6.45, 7) is 18.4. The molecule has 13 heteroatoms. The van der Waals surface area contributed by atoms with Gasteiger partial charge in [0.25, 0.3) is 0 Å². The molecule has 0 saturated carbocycles. The van der Waals surface area contributed by atoms with Gasteiger partial charge >= 0.3 is 0 Å². The van der Waals surface area contributed by atoms with Crippen LogP contribution in [0.2, 0.25) is 0 Å². The molecule has 1 aliphatic heterocycles. The Morgan fingerprint density at radius 2 is 0.938 bits per heavy atom. The molecule has 1 saturated heterocycles. The molecule has 1 aliphatic rings. The molecule has 0 spiro atoms. The molecule has 0 amide bonds. The minimum atomic E-state index is -1.49. The second-order valence-corrected chi connectivity index (χ2v) is 21.7. The molecular weight excluding hydrogens is 821 g/mol. The van der Waals surface area contributed by atoms with Crippen molar-refractivity contribution in [2.45, 2.75) is 274 Å². The number of ether oxygens (including phenoxy) is 2. The van der Waals surface area contributed by atoms with Gasteiger partial charge in [-0.25, -0.2) is 0 Å². The van der Waals surface area contributed by atoms with Crippen LogP contribution in [0.1, 0.15) is 204 Å². The van der Waals surface area contributed by atoms with Crippen LogP contribution < -0.4 is 0 Å². The highest BCUT2D eigenvalue weighted by Gasteiger charge is 2.44. The Labute approximate surface area is 387 Å². The van der Waals surface area contributed by atoms with Gasteiger partial charge in [0.15, 0.2) is 6.29 Å². The van der Waals surface area contributed by atoms with Crippen molar-refractivity contribution in [1.29, 1.82) is 0 Å². The Morgan fingerprint density at radius 3 is 1.36 bits per heavy atom. The highest BCUT2D eigenvalue weighted by Crippen LogP contribution is 2.32. The number of hydrogen-bond donors (Lipinski definition) is 11. The molecule has 0 unspecified atom stereocenters. The highest BCUT2D eigenvalue weighted by molar-refractivity contribution is 5.05. The summed E-state index contributed by atoms with van der Waals surface area (Å²) in [5, 5.41) is 116. The van der Waals surface area contributed by atoms with Crippen LogP contribution in [0.15, 0.2) is 34.9 Å². The van der Waals surface area contributed by atoms with Gasteiger partial charge in [0.1, 0.15) is 24.4 Å². The zero-order chi connectivity index (χ0) is 49.0. The third kappa shape index (κ3) is 26.3. The van der Waals surface area contributed by atoms with Gasteiger partial charge in [-0.1, -0.05) is 34.9 Å². The molecule has 1 rings (SSSR count). The van der Waals surface area contributed by atoms with Gasteiger partial charge in [0, 0.05) is 0 Å². The van der Waals surface area contributed by atoms with E-state index < -0.39 is 77.0 Å². The fraction of sp³-hybridized carbons (Fsp3) is 0.882. The van der Waals surface area contributed by atoms with Crippen molar-refractivity contribution in [3.63, 3.8) is 0 Å². The van der Waals surface area contributed by atoms with Crippen molar-refractivity contribution in [3.8, 4) is 0 Å². The van der Waals surface area contributed by atoms with E-state index in [-0.39, 0.29) is 6.61 Å². The quantitative estimate of drug-likeness (QED) is 0.0301. The molecule has 0 radical (unpaired) electrons. The summed E-state index contributed by atoms with van der Waals surface area (Å²) in [5.41, 5.74) is -2.38. The predicted molar refractivity (Wildman–Crippen MR) is 253 cm³/mol. The van der Waals surface area contributed by atoms with Crippen molar-refractivity contribution in [1.82, 2.24) is 0 Å². The van der Waals surface area contributed by atoms with Crippen molar-refractivity contribution in [2.75, 3.05) is 13.2 Å². The van der Waals surface area contributed by atoms with Crippen LogP contribution in [-0.4, -0.2) is 140 Å². The zero-order valence-corrected chi connectivity index (χ0v) is 41.7. The summed E-state index contributed by atoms with van der Waals surface area (Å²) in [6.07, 6.45) is 11.0. The van der Waals surface area contributed by atoms with Crippen LogP contribution in [0.25, 0.3) is 0 Å². The van der Waals surface area contributed by atoms with E-state index in [0.717, 1.165) is 36.8 Å². The molecule has 0 aliphatic carbocycles. The summed E-state index contributed by atoms with van der Waals surface area (Å²) >= 11 is 0. The van der Waals surface area contributed by atoms with Gasteiger partial charge in [0.05, 0.1) is 52.9 Å². The molecule has 64 heavy (non-hydrogen) atoms. The predicted octanol–water partition coefficient (Wildman–Crippen LogP) is 6.72. The number of aliphatic hydroxyl groups excluding tert-OH is 5. The standard InChI is InChI=1S/C51H96O13/c1-37(2)18-12-24-46(5,57)25-13-26-47(6,58)27-14-28-48(7,59)29-15-30-49(8,60)31-16-32-50(9,61)33-17-34-51(10,62)41(53)22-21-38(3)19-11-20-39(4)23-35-63-45-44(56)43(55)42(54)40(36-52)64-45/h18-19,23,40-45,52-62H,11-17,20-22,24-36H2,1-10H3/b38-19+,39-23+/t40-,41-,42-,43+,44+,45-,46-,47+,48+,49+,50-,51+/m1/s1. The third-order valence-electron chi connectivity index (χ3n) is 13.5. The lowest BCUT2D eigenvalue weighted by molar-refractivity contribution is -0.298. The van der Waals surface area contributed by atoms with Gasteiger partial charge in [-0.2, -0.15) is 0 Å². The van der Waals surface area contributed by atoms with Crippen LogP contribution in [-0.2, 0) is 9.47 Å². The fourth-order valence-electron chi connectivity index (χ4n) is 8.61. The molecule has 378 valence electrons. The van der Waals surface area contributed by atoms with Crippen molar-refractivity contribution < 1.29 is 65.6 Å². The number of hydrogen-bond acceptors (Lipinski definition) is 13. The number of aliphatic hydroxyl groups is 11. The second kappa shape index (κ2) is 28.3. The fourth-order valence-corrected chi connectivity index (χ4v) is 8.61. The van der Waals surface area contributed by atoms with Gasteiger partial charge in [-0.15, -0.1) is 0 Å². The molecule has 11 N–H and O–H groups in total. The van der Waals surface area contributed by atoms with Gasteiger partial charge in [0.2, 0.25) is 0 Å². The van der Waals surface area contributed by atoms with E-state index in [1.54, 1.807) is 20.8 Å². The molecule has 13 nitrogen and oxygen atoms in total.